The number of aromatic amines is 2. The molecule has 0 saturated heterocycles. The van der Waals surface area contributed by atoms with Crippen LogP contribution in [0.25, 0.3) is 50.4 Å². The van der Waals surface area contributed by atoms with Crippen molar-refractivity contribution < 1.29 is 4.39 Å². The normalized spacial score (nSPS) is 11.5. The molecule has 0 aliphatic rings. The van der Waals surface area contributed by atoms with Crippen LogP contribution in [0.15, 0.2) is 55.6 Å². The molecule has 6 aromatic rings. The van der Waals surface area contributed by atoms with Gasteiger partial charge < -0.3 is 4.98 Å². The van der Waals surface area contributed by atoms with Gasteiger partial charge in [0.2, 0.25) is 0 Å². The summed E-state index contributed by atoms with van der Waals surface area (Å²) in [6.45, 7) is 1.90. The Labute approximate surface area is 174 Å². The number of fused-ring (bicyclic) bond motifs is 2. The lowest BCUT2D eigenvalue weighted by Gasteiger charge is -2.04. The summed E-state index contributed by atoms with van der Waals surface area (Å²) in [4.78, 5) is 24.6. The summed E-state index contributed by atoms with van der Waals surface area (Å²) in [5, 5.41) is 7.56. The van der Waals surface area contributed by atoms with E-state index in [0.29, 0.717) is 44.9 Å². The summed E-state index contributed by atoms with van der Waals surface area (Å²) >= 11 is 0. The molecule has 2 N–H and O–H groups in total. The van der Waals surface area contributed by atoms with Gasteiger partial charge in [-0.2, -0.15) is 5.10 Å². The number of hydrogen-bond acceptors (Lipinski definition) is 6. The molecule has 5 heterocycles. The van der Waals surface area contributed by atoms with Crippen LogP contribution in [0.2, 0.25) is 0 Å². The Morgan fingerprint density at radius 1 is 1.03 bits per heavy atom. The number of rotatable bonds is 3. The summed E-state index contributed by atoms with van der Waals surface area (Å²) in [6.07, 6.45) is 9.79. The minimum atomic E-state index is -0.417. The van der Waals surface area contributed by atoms with Crippen LogP contribution in [0, 0.1) is 12.7 Å². The molecule has 0 spiro atoms. The number of nitrogens with zero attached hydrogens (tertiary/aromatic N) is 7. The number of benzene rings is 1. The highest BCUT2D eigenvalue weighted by Gasteiger charge is 2.20. The Balaban J connectivity index is 1.56. The highest BCUT2D eigenvalue weighted by atomic mass is 19.1. The zero-order valence-electron chi connectivity index (χ0n) is 16.2. The molecule has 1 aromatic carbocycles. The Morgan fingerprint density at radius 3 is 2.71 bits per heavy atom. The summed E-state index contributed by atoms with van der Waals surface area (Å²) in [7, 11) is 0. The summed E-state index contributed by atoms with van der Waals surface area (Å²) in [6, 6.07) is 5.28. The molecule has 150 valence electrons. The van der Waals surface area contributed by atoms with Gasteiger partial charge in [0.05, 0.1) is 22.1 Å². The summed E-state index contributed by atoms with van der Waals surface area (Å²) < 4.78 is 17.4. The molecule has 0 atom stereocenters. The van der Waals surface area contributed by atoms with E-state index in [0.717, 1.165) is 11.2 Å². The van der Waals surface area contributed by atoms with Gasteiger partial charge in [-0.05, 0) is 25.1 Å². The summed E-state index contributed by atoms with van der Waals surface area (Å²) in [5.41, 5.74) is 4.19. The third-order valence-corrected chi connectivity index (χ3v) is 5.10. The van der Waals surface area contributed by atoms with Crippen LogP contribution in [0.1, 0.15) is 5.69 Å². The van der Waals surface area contributed by atoms with Gasteiger partial charge in [0, 0.05) is 35.9 Å². The molecular weight excluding hydrogens is 397 g/mol. The third-order valence-electron chi connectivity index (χ3n) is 5.10. The fraction of sp³-hybridized carbons (Fsp3) is 0.0476. The molecule has 9 nitrogen and oxygen atoms in total. The SMILES string of the molecule is Cc1cn(-c2nccc3[nH]c(-c4n[nH]c5ccc(-c6cncnc6)c(F)c45)nc23)cn1. The van der Waals surface area contributed by atoms with Crippen LogP contribution >= 0.6 is 0 Å². The van der Waals surface area contributed by atoms with Gasteiger partial charge in [-0.15, -0.1) is 0 Å². The quantitative estimate of drug-likeness (QED) is 0.460. The first-order valence-corrected chi connectivity index (χ1v) is 9.47. The number of pyridine rings is 1. The molecule has 5 aromatic heterocycles. The minimum absolute atomic E-state index is 0.341. The van der Waals surface area contributed by atoms with Gasteiger partial charge in [0.15, 0.2) is 11.6 Å². The van der Waals surface area contributed by atoms with Crippen LogP contribution in [-0.2, 0) is 0 Å². The van der Waals surface area contributed by atoms with Gasteiger partial charge in [-0.3, -0.25) is 9.67 Å². The van der Waals surface area contributed by atoms with Crippen molar-refractivity contribution in [3.63, 3.8) is 0 Å². The zero-order valence-corrected chi connectivity index (χ0v) is 16.2. The number of nitrogens with one attached hydrogen (secondary N) is 2. The number of aryl methyl sites for hydroxylation is 1. The highest BCUT2D eigenvalue weighted by Crippen LogP contribution is 2.33. The minimum Gasteiger partial charge on any atom is -0.336 e. The molecule has 0 radical (unpaired) electrons. The van der Waals surface area contributed by atoms with Crippen molar-refractivity contribution in [2.45, 2.75) is 6.92 Å². The van der Waals surface area contributed by atoms with Gasteiger partial charge in [0.25, 0.3) is 0 Å². The van der Waals surface area contributed by atoms with Gasteiger partial charge in [-0.25, -0.2) is 29.3 Å². The van der Waals surface area contributed by atoms with Crippen LogP contribution in [0.4, 0.5) is 4.39 Å². The second-order valence-electron chi connectivity index (χ2n) is 7.09. The lowest BCUT2D eigenvalue weighted by Crippen LogP contribution is -1.95. The molecule has 6 rings (SSSR count). The van der Waals surface area contributed by atoms with Crippen molar-refractivity contribution in [3.05, 3.63) is 67.2 Å². The predicted octanol–water partition coefficient (Wildman–Crippen LogP) is 3.59. The van der Waals surface area contributed by atoms with Crippen LogP contribution in [0.3, 0.4) is 0 Å². The highest BCUT2D eigenvalue weighted by molar-refractivity contribution is 5.96. The molecule has 10 heteroatoms. The van der Waals surface area contributed by atoms with Gasteiger partial charge in [-0.1, -0.05) is 0 Å². The van der Waals surface area contributed by atoms with Gasteiger partial charge in [0.1, 0.15) is 29.7 Å². The van der Waals surface area contributed by atoms with E-state index in [-0.39, 0.29) is 0 Å². The molecule has 0 amide bonds. The standard InChI is InChI=1S/C21H14FN9/c1-11-8-31(10-26-11)21-18-15(4-5-25-21)27-20(28-18)19-16-14(29-30-19)3-2-13(17(16)22)12-6-23-9-24-7-12/h2-10H,1H3,(H,27,28)(H,29,30). The van der Waals surface area contributed by atoms with Crippen molar-refractivity contribution in [1.82, 2.24) is 44.7 Å². The van der Waals surface area contributed by atoms with Crippen molar-refractivity contribution in [2.75, 3.05) is 0 Å². The fourth-order valence-electron chi connectivity index (χ4n) is 3.66. The van der Waals surface area contributed by atoms with E-state index in [1.165, 1.54) is 6.33 Å². The average molecular weight is 411 g/mol. The predicted molar refractivity (Wildman–Crippen MR) is 112 cm³/mol. The van der Waals surface area contributed by atoms with Crippen LogP contribution < -0.4 is 0 Å². The van der Waals surface area contributed by atoms with E-state index in [1.807, 2.05) is 19.2 Å². The van der Waals surface area contributed by atoms with E-state index in [4.69, 9.17) is 4.98 Å². The largest absolute Gasteiger partial charge is 0.336 e. The maximum atomic E-state index is 15.6. The first kappa shape index (κ1) is 17.4. The van der Waals surface area contributed by atoms with E-state index in [1.54, 1.807) is 41.6 Å². The number of imidazole rings is 2. The van der Waals surface area contributed by atoms with Crippen LogP contribution in [0.5, 0.6) is 0 Å². The fourth-order valence-corrected chi connectivity index (χ4v) is 3.66. The first-order valence-electron chi connectivity index (χ1n) is 9.47. The summed E-state index contributed by atoms with van der Waals surface area (Å²) in [5.74, 6) is 0.649. The number of halogens is 1. The van der Waals surface area contributed by atoms with Crippen molar-refractivity contribution >= 4 is 21.9 Å². The van der Waals surface area contributed by atoms with Crippen molar-refractivity contribution in [3.8, 4) is 28.5 Å². The Morgan fingerprint density at radius 2 is 1.90 bits per heavy atom. The number of H-pyrrole nitrogens is 2. The maximum Gasteiger partial charge on any atom is 0.166 e. The zero-order chi connectivity index (χ0) is 20.9. The molecular formula is C21H14FN9. The lowest BCUT2D eigenvalue weighted by atomic mass is 10.0. The van der Waals surface area contributed by atoms with E-state index < -0.39 is 5.82 Å². The molecule has 31 heavy (non-hydrogen) atoms. The number of hydrogen-bond donors (Lipinski definition) is 2. The van der Waals surface area contributed by atoms with Crippen molar-refractivity contribution in [1.29, 1.82) is 0 Å². The Bertz CT molecular complexity index is 1560. The first-order chi connectivity index (χ1) is 15.2. The average Bonchev–Trinajstić information content (AvgIpc) is 3.52. The van der Waals surface area contributed by atoms with E-state index >= 15 is 4.39 Å². The smallest absolute Gasteiger partial charge is 0.166 e. The monoisotopic (exact) mass is 411 g/mol. The van der Waals surface area contributed by atoms with E-state index in [2.05, 4.69) is 35.1 Å². The van der Waals surface area contributed by atoms with Crippen molar-refractivity contribution in [2.24, 2.45) is 0 Å². The van der Waals surface area contributed by atoms with Crippen LogP contribution in [-0.4, -0.2) is 44.7 Å². The molecule has 0 aliphatic carbocycles. The molecule has 0 saturated carbocycles. The molecule has 0 bridgehead atoms. The second-order valence-corrected chi connectivity index (χ2v) is 7.09. The topological polar surface area (TPSA) is 114 Å². The molecule has 0 fully saturated rings. The molecule has 0 aliphatic heterocycles. The number of aromatic nitrogens is 9. The second kappa shape index (κ2) is 6.52. The lowest BCUT2D eigenvalue weighted by molar-refractivity contribution is 0.643. The Hall–Kier alpha value is -4.47. The maximum absolute atomic E-state index is 15.6. The van der Waals surface area contributed by atoms with Gasteiger partial charge >= 0.3 is 0 Å². The third kappa shape index (κ3) is 2.69. The Kier molecular flexibility index (Phi) is 3.66. The van der Waals surface area contributed by atoms with E-state index in [9.17, 15) is 0 Å². The molecule has 0 unspecified atom stereocenters.